The minimum Gasteiger partial charge on any atom is -0.496 e. The Balaban J connectivity index is 0.00000172. The van der Waals surface area contributed by atoms with Crippen molar-refractivity contribution >= 4 is 41.7 Å². The second-order valence-corrected chi connectivity index (χ2v) is 5.03. The number of halogens is 1. The highest BCUT2D eigenvalue weighted by molar-refractivity contribution is 14.2. The standard InChI is InChI=1S/C12H12INO3S.C2H6/c1-8(16)14-11-6-12(17-2)10(7-15)5-9(11)3-4-18-13;1-2/h5-6,15H,7H2,1-2H3,(H,14,16);1-2H3. The number of rotatable bonds is 3. The van der Waals surface area contributed by atoms with Gasteiger partial charge in [-0.3, -0.25) is 4.79 Å². The molecule has 0 atom stereocenters. The Hall–Kier alpha value is -0.910. The van der Waals surface area contributed by atoms with E-state index in [4.69, 9.17) is 4.74 Å². The molecule has 1 rings (SSSR count). The average Bonchev–Trinajstić information content (AvgIpc) is 2.46. The summed E-state index contributed by atoms with van der Waals surface area (Å²) < 4.78 is 5.15. The minimum atomic E-state index is -0.182. The van der Waals surface area contributed by atoms with Gasteiger partial charge < -0.3 is 15.2 Å². The lowest BCUT2D eigenvalue weighted by Gasteiger charge is -2.11. The molecule has 20 heavy (non-hydrogen) atoms. The molecular formula is C14H18INO3S. The van der Waals surface area contributed by atoms with Crippen molar-refractivity contribution in [3.63, 3.8) is 0 Å². The summed E-state index contributed by atoms with van der Waals surface area (Å²) in [6.45, 7) is 5.28. The van der Waals surface area contributed by atoms with Crippen molar-refractivity contribution in [1.82, 2.24) is 0 Å². The fourth-order valence-electron chi connectivity index (χ4n) is 1.41. The van der Waals surface area contributed by atoms with Crippen LogP contribution in [-0.4, -0.2) is 18.1 Å². The maximum atomic E-state index is 11.1. The van der Waals surface area contributed by atoms with Gasteiger partial charge in [0, 0.05) is 45.3 Å². The number of benzene rings is 1. The van der Waals surface area contributed by atoms with Gasteiger partial charge >= 0.3 is 0 Å². The van der Waals surface area contributed by atoms with Gasteiger partial charge in [0.15, 0.2) is 0 Å². The summed E-state index contributed by atoms with van der Waals surface area (Å²) in [4.78, 5) is 11.1. The molecule has 4 nitrogen and oxygen atoms in total. The van der Waals surface area contributed by atoms with Crippen LogP contribution in [0.2, 0.25) is 0 Å². The Morgan fingerprint density at radius 2 is 2.15 bits per heavy atom. The van der Waals surface area contributed by atoms with Crippen LogP contribution in [0.25, 0.3) is 0 Å². The molecule has 0 aliphatic rings. The van der Waals surface area contributed by atoms with Crippen LogP contribution >= 0.6 is 30.1 Å². The van der Waals surface area contributed by atoms with Crippen LogP contribution in [0.3, 0.4) is 0 Å². The average molecular weight is 407 g/mol. The summed E-state index contributed by atoms with van der Waals surface area (Å²) in [5.41, 5.74) is 1.86. The van der Waals surface area contributed by atoms with Gasteiger partial charge in [0.25, 0.3) is 0 Å². The second kappa shape index (κ2) is 10.8. The van der Waals surface area contributed by atoms with Crippen molar-refractivity contribution in [2.45, 2.75) is 27.4 Å². The summed E-state index contributed by atoms with van der Waals surface area (Å²) in [5.74, 6) is 3.26. The van der Waals surface area contributed by atoms with Gasteiger partial charge in [0.2, 0.25) is 5.91 Å². The van der Waals surface area contributed by atoms with E-state index in [0.717, 1.165) is 0 Å². The number of aliphatic hydroxyl groups is 1. The fraction of sp³-hybridized carbons (Fsp3) is 0.357. The van der Waals surface area contributed by atoms with Crippen LogP contribution in [0.4, 0.5) is 5.69 Å². The number of hydrogen-bond acceptors (Lipinski definition) is 4. The van der Waals surface area contributed by atoms with E-state index >= 15 is 0 Å². The normalized spacial score (nSPS) is 8.70. The third-order valence-electron chi connectivity index (χ3n) is 2.13. The molecule has 1 aromatic rings. The first-order chi connectivity index (χ1) is 9.62. The zero-order chi connectivity index (χ0) is 15.5. The summed E-state index contributed by atoms with van der Waals surface area (Å²) in [5, 5.41) is 14.8. The molecule has 0 fully saturated rings. The molecule has 2 N–H and O–H groups in total. The Kier molecular flexibility index (Phi) is 10.3. The summed E-state index contributed by atoms with van der Waals surface area (Å²) >= 11 is 2.07. The Labute approximate surface area is 136 Å². The number of carbonyl (C=O) groups excluding carboxylic acids is 1. The predicted molar refractivity (Wildman–Crippen MR) is 93.1 cm³/mol. The van der Waals surface area contributed by atoms with Crippen LogP contribution in [0.5, 0.6) is 5.75 Å². The van der Waals surface area contributed by atoms with E-state index in [1.165, 1.54) is 23.0 Å². The number of amides is 1. The highest BCUT2D eigenvalue weighted by atomic mass is 127. The number of anilines is 1. The molecule has 1 amide bonds. The lowest BCUT2D eigenvalue weighted by Crippen LogP contribution is -2.08. The maximum absolute atomic E-state index is 11.1. The quantitative estimate of drug-likeness (QED) is 0.594. The van der Waals surface area contributed by atoms with Gasteiger partial charge in [0.1, 0.15) is 5.75 Å². The Morgan fingerprint density at radius 1 is 1.50 bits per heavy atom. The minimum absolute atomic E-state index is 0.143. The molecule has 1 aromatic carbocycles. The highest BCUT2D eigenvalue weighted by Gasteiger charge is 2.09. The summed E-state index contributed by atoms with van der Waals surface area (Å²) in [6.07, 6.45) is 0. The number of ether oxygens (including phenoxy) is 1. The van der Waals surface area contributed by atoms with Gasteiger partial charge in [-0.2, -0.15) is 0 Å². The molecule has 0 unspecified atom stereocenters. The van der Waals surface area contributed by atoms with Gasteiger partial charge in [0.05, 0.1) is 19.4 Å². The molecule has 0 bridgehead atoms. The van der Waals surface area contributed by atoms with E-state index in [9.17, 15) is 9.90 Å². The molecule has 0 saturated carbocycles. The second-order valence-electron chi connectivity index (χ2n) is 3.35. The number of aliphatic hydroxyl groups excluding tert-OH is 1. The van der Waals surface area contributed by atoms with Crippen molar-refractivity contribution < 1.29 is 14.6 Å². The first-order valence-electron chi connectivity index (χ1n) is 6.00. The first kappa shape index (κ1) is 19.1. The van der Waals surface area contributed by atoms with E-state index < -0.39 is 0 Å². The zero-order valence-corrected chi connectivity index (χ0v) is 14.9. The van der Waals surface area contributed by atoms with Gasteiger partial charge in [-0.05, 0) is 20.3 Å². The van der Waals surface area contributed by atoms with Gasteiger partial charge in [-0.25, -0.2) is 0 Å². The van der Waals surface area contributed by atoms with Crippen LogP contribution < -0.4 is 10.1 Å². The van der Waals surface area contributed by atoms with Crippen molar-refractivity contribution in [2.24, 2.45) is 0 Å². The topological polar surface area (TPSA) is 58.6 Å². The molecule has 6 heteroatoms. The van der Waals surface area contributed by atoms with E-state index in [2.05, 4.69) is 37.7 Å². The van der Waals surface area contributed by atoms with Crippen LogP contribution in [0.1, 0.15) is 31.9 Å². The zero-order valence-electron chi connectivity index (χ0n) is 11.9. The molecule has 0 saturated heterocycles. The van der Waals surface area contributed by atoms with Gasteiger partial charge in [-0.15, -0.1) is 0 Å². The molecule has 110 valence electrons. The molecule has 0 spiro atoms. The van der Waals surface area contributed by atoms with E-state index in [1.807, 2.05) is 13.8 Å². The van der Waals surface area contributed by atoms with Gasteiger partial charge in [-0.1, -0.05) is 19.8 Å². The molecule has 0 aromatic heterocycles. The molecule has 0 heterocycles. The lowest BCUT2D eigenvalue weighted by atomic mass is 10.1. The SMILES string of the molecule is CC.COc1cc(NC(C)=O)c(C#CSI)cc1CO. The summed E-state index contributed by atoms with van der Waals surface area (Å²) in [6, 6.07) is 3.37. The van der Waals surface area contributed by atoms with E-state index in [0.29, 0.717) is 22.6 Å². The molecule has 0 aliphatic carbocycles. The fourth-order valence-corrected chi connectivity index (χ4v) is 1.89. The highest BCUT2D eigenvalue weighted by Crippen LogP contribution is 2.27. The number of methoxy groups -OCH3 is 1. The van der Waals surface area contributed by atoms with Crippen molar-refractivity contribution in [3.8, 4) is 16.9 Å². The predicted octanol–water partition coefficient (Wildman–Crippen LogP) is 3.56. The number of hydrogen-bond donors (Lipinski definition) is 2. The Bertz CT molecular complexity index is 509. The van der Waals surface area contributed by atoms with Crippen LogP contribution in [0, 0.1) is 11.2 Å². The lowest BCUT2D eigenvalue weighted by molar-refractivity contribution is -0.114. The number of carbonyl (C=O) groups is 1. The van der Waals surface area contributed by atoms with Crippen LogP contribution in [-0.2, 0) is 11.4 Å². The van der Waals surface area contributed by atoms with Crippen molar-refractivity contribution in [1.29, 1.82) is 0 Å². The van der Waals surface area contributed by atoms with Crippen LogP contribution in [0.15, 0.2) is 12.1 Å². The molecule has 0 aliphatic heterocycles. The summed E-state index contributed by atoms with van der Waals surface area (Å²) in [7, 11) is 2.86. The van der Waals surface area contributed by atoms with Crippen molar-refractivity contribution in [2.75, 3.05) is 12.4 Å². The van der Waals surface area contributed by atoms with E-state index in [-0.39, 0.29) is 12.5 Å². The monoisotopic (exact) mass is 407 g/mol. The first-order valence-corrected chi connectivity index (χ1v) is 9.36. The molecule has 0 radical (unpaired) electrons. The molecular weight excluding hydrogens is 389 g/mol. The van der Waals surface area contributed by atoms with Crippen molar-refractivity contribution in [3.05, 3.63) is 23.3 Å². The third-order valence-corrected chi connectivity index (χ3v) is 2.97. The maximum Gasteiger partial charge on any atom is 0.221 e. The third kappa shape index (κ3) is 6.03. The smallest absolute Gasteiger partial charge is 0.221 e. The largest absolute Gasteiger partial charge is 0.496 e. The van der Waals surface area contributed by atoms with E-state index in [1.54, 1.807) is 12.1 Å². The number of nitrogens with one attached hydrogen (secondary N) is 1. The Morgan fingerprint density at radius 3 is 2.60 bits per heavy atom.